The minimum Gasteiger partial charge on any atom is -0.443 e. The van der Waals surface area contributed by atoms with Gasteiger partial charge < -0.3 is 14.6 Å². The fraction of sp³-hybridized carbons (Fsp3) is 0.200. The van der Waals surface area contributed by atoms with Gasteiger partial charge in [0.1, 0.15) is 5.52 Å². The van der Waals surface area contributed by atoms with Crippen molar-refractivity contribution in [2.24, 2.45) is 0 Å². The number of hydrogen-bond donors (Lipinski definition) is 1. The van der Waals surface area contributed by atoms with Gasteiger partial charge in [0.2, 0.25) is 0 Å². The molecule has 1 aliphatic heterocycles. The third-order valence-corrected chi connectivity index (χ3v) is 7.08. The molecule has 0 saturated carbocycles. The summed E-state index contributed by atoms with van der Waals surface area (Å²) < 4.78 is 7.10. The molecule has 0 bridgehead atoms. The second kappa shape index (κ2) is 10.3. The van der Waals surface area contributed by atoms with E-state index in [-0.39, 0.29) is 11.8 Å². The fourth-order valence-electron chi connectivity index (χ4n) is 4.97. The summed E-state index contributed by atoms with van der Waals surface area (Å²) in [5.74, 6) is 0.205. The number of likely N-dealkylation sites (tertiary alicyclic amines) is 1. The zero-order chi connectivity index (χ0) is 25.9. The van der Waals surface area contributed by atoms with Gasteiger partial charge >= 0.3 is 0 Å². The number of nitrogens with one attached hydrogen (secondary N) is 1. The summed E-state index contributed by atoms with van der Waals surface area (Å²) in [5.41, 5.74) is 5.60. The van der Waals surface area contributed by atoms with Gasteiger partial charge in [-0.1, -0.05) is 42.5 Å². The highest BCUT2D eigenvalue weighted by molar-refractivity contribution is 6.04. The molecule has 3 heterocycles. The summed E-state index contributed by atoms with van der Waals surface area (Å²) in [5, 5.41) is 7.28. The molecule has 2 amide bonds. The first-order valence-electron chi connectivity index (χ1n) is 12.7. The van der Waals surface area contributed by atoms with E-state index in [1.165, 1.54) is 12.0 Å². The summed E-state index contributed by atoms with van der Waals surface area (Å²) in [7, 11) is 0. The lowest BCUT2D eigenvalue weighted by atomic mass is 9.89. The molecule has 0 spiro atoms. The summed E-state index contributed by atoms with van der Waals surface area (Å²) in [6.07, 6.45) is 6.52. The van der Waals surface area contributed by atoms with E-state index in [1.807, 2.05) is 53.4 Å². The molecule has 0 aliphatic carbocycles. The van der Waals surface area contributed by atoms with Gasteiger partial charge in [-0.05, 0) is 60.2 Å². The van der Waals surface area contributed by atoms with Crippen LogP contribution in [0.2, 0.25) is 0 Å². The van der Waals surface area contributed by atoms with E-state index in [0.29, 0.717) is 42.3 Å². The number of anilines is 1. The lowest BCUT2D eigenvalue weighted by Gasteiger charge is -2.32. The molecule has 8 nitrogen and oxygen atoms in total. The Balaban J connectivity index is 1.02. The molecular weight excluding hydrogens is 478 g/mol. The Hall–Kier alpha value is -4.72. The van der Waals surface area contributed by atoms with Crippen LogP contribution in [0.5, 0.6) is 0 Å². The Morgan fingerprint density at radius 3 is 2.53 bits per heavy atom. The average molecular weight is 506 g/mol. The maximum Gasteiger partial charge on any atom is 0.258 e. The summed E-state index contributed by atoms with van der Waals surface area (Å²) in [6.45, 7) is 2.01. The second-order valence-electron chi connectivity index (χ2n) is 9.59. The van der Waals surface area contributed by atoms with Crippen LogP contribution in [0.25, 0.3) is 11.1 Å². The number of aromatic nitrogens is 3. The van der Waals surface area contributed by atoms with Crippen molar-refractivity contribution < 1.29 is 14.0 Å². The standard InChI is InChI=1S/C30H27N5O3/c36-29(25-17-32-35(19-25)18-21-4-2-1-3-5-21)33-26-9-6-22(7-10-26)23-12-14-34(15-13-23)30(37)24-8-11-27-28(16-24)38-20-31-27/h1-11,16-17,19-20,23H,12-15,18H2,(H,33,36). The van der Waals surface area contributed by atoms with Crippen molar-refractivity contribution in [3.05, 3.63) is 114 Å². The van der Waals surface area contributed by atoms with E-state index in [1.54, 1.807) is 29.2 Å². The second-order valence-corrected chi connectivity index (χ2v) is 9.59. The average Bonchev–Trinajstić information content (AvgIpc) is 3.63. The van der Waals surface area contributed by atoms with E-state index >= 15 is 0 Å². The lowest BCUT2D eigenvalue weighted by molar-refractivity contribution is 0.0713. The van der Waals surface area contributed by atoms with Crippen molar-refractivity contribution >= 4 is 28.6 Å². The maximum absolute atomic E-state index is 13.0. The molecule has 5 aromatic rings. The number of fused-ring (bicyclic) bond motifs is 1. The highest BCUT2D eigenvalue weighted by Crippen LogP contribution is 2.30. The van der Waals surface area contributed by atoms with Crippen LogP contribution in [-0.2, 0) is 6.54 Å². The van der Waals surface area contributed by atoms with Crippen LogP contribution in [0, 0.1) is 0 Å². The van der Waals surface area contributed by atoms with Crippen LogP contribution in [0.3, 0.4) is 0 Å². The largest absolute Gasteiger partial charge is 0.443 e. The number of hydrogen-bond acceptors (Lipinski definition) is 5. The van der Waals surface area contributed by atoms with E-state index in [9.17, 15) is 9.59 Å². The molecule has 0 atom stereocenters. The minimum absolute atomic E-state index is 0.0203. The molecule has 1 saturated heterocycles. The van der Waals surface area contributed by atoms with Gasteiger partial charge in [-0.25, -0.2) is 4.98 Å². The smallest absolute Gasteiger partial charge is 0.258 e. The van der Waals surface area contributed by atoms with Crippen molar-refractivity contribution in [1.29, 1.82) is 0 Å². The van der Waals surface area contributed by atoms with Gasteiger partial charge in [-0.2, -0.15) is 5.10 Å². The van der Waals surface area contributed by atoms with E-state index in [2.05, 4.69) is 27.5 Å². The molecule has 1 N–H and O–H groups in total. The lowest BCUT2D eigenvalue weighted by Crippen LogP contribution is -2.37. The van der Waals surface area contributed by atoms with Crippen LogP contribution in [0.1, 0.15) is 50.6 Å². The number of oxazole rings is 1. The topological polar surface area (TPSA) is 93.3 Å². The first kappa shape index (κ1) is 23.7. The molecule has 1 fully saturated rings. The predicted octanol–water partition coefficient (Wildman–Crippen LogP) is 5.34. The molecule has 0 radical (unpaired) electrons. The predicted molar refractivity (Wildman–Crippen MR) is 144 cm³/mol. The zero-order valence-corrected chi connectivity index (χ0v) is 20.8. The Morgan fingerprint density at radius 2 is 1.74 bits per heavy atom. The Labute approximate surface area is 219 Å². The summed E-state index contributed by atoms with van der Waals surface area (Å²) in [4.78, 5) is 31.7. The van der Waals surface area contributed by atoms with Crippen molar-refractivity contribution in [2.75, 3.05) is 18.4 Å². The van der Waals surface area contributed by atoms with Gasteiger partial charge in [0.15, 0.2) is 12.0 Å². The van der Waals surface area contributed by atoms with Gasteiger partial charge in [0.25, 0.3) is 11.8 Å². The number of piperidine rings is 1. The summed E-state index contributed by atoms with van der Waals surface area (Å²) in [6, 6.07) is 23.4. The van der Waals surface area contributed by atoms with E-state index in [0.717, 1.165) is 29.6 Å². The van der Waals surface area contributed by atoms with Crippen molar-refractivity contribution in [2.45, 2.75) is 25.3 Å². The SMILES string of the molecule is O=C(Nc1ccc(C2CCN(C(=O)c3ccc4ncoc4c3)CC2)cc1)c1cnn(Cc2ccccc2)c1. The Bertz CT molecular complexity index is 1560. The first-order valence-corrected chi connectivity index (χ1v) is 12.7. The van der Waals surface area contributed by atoms with Gasteiger partial charge in [0, 0.05) is 30.5 Å². The molecular formula is C30H27N5O3. The molecule has 8 heteroatoms. The molecule has 0 unspecified atom stereocenters. The van der Waals surface area contributed by atoms with Crippen LogP contribution in [0.15, 0.2) is 96.0 Å². The Kier molecular flexibility index (Phi) is 6.44. The van der Waals surface area contributed by atoms with Crippen molar-refractivity contribution in [3.8, 4) is 0 Å². The van der Waals surface area contributed by atoms with Crippen LogP contribution in [0.4, 0.5) is 5.69 Å². The first-order chi connectivity index (χ1) is 18.6. The molecule has 6 rings (SSSR count). The van der Waals surface area contributed by atoms with Crippen molar-refractivity contribution in [3.63, 3.8) is 0 Å². The minimum atomic E-state index is -0.188. The third kappa shape index (κ3) is 5.06. The number of carbonyl (C=O) groups is 2. The van der Waals surface area contributed by atoms with Gasteiger partial charge in [-0.3, -0.25) is 14.3 Å². The van der Waals surface area contributed by atoms with E-state index < -0.39 is 0 Å². The number of benzene rings is 3. The highest BCUT2D eigenvalue weighted by Gasteiger charge is 2.25. The molecule has 190 valence electrons. The molecule has 3 aromatic carbocycles. The highest BCUT2D eigenvalue weighted by atomic mass is 16.3. The maximum atomic E-state index is 13.0. The van der Waals surface area contributed by atoms with Gasteiger partial charge in [0.05, 0.1) is 18.3 Å². The number of amides is 2. The van der Waals surface area contributed by atoms with Crippen molar-refractivity contribution in [1.82, 2.24) is 19.7 Å². The monoisotopic (exact) mass is 505 g/mol. The van der Waals surface area contributed by atoms with Crippen LogP contribution in [-0.4, -0.2) is 44.6 Å². The number of carbonyl (C=O) groups excluding carboxylic acids is 2. The Morgan fingerprint density at radius 1 is 0.947 bits per heavy atom. The van der Waals surface area contributed by atoms with Crippen LogP contribution >= 0.6 is 0 Å². The molecule has 2 aromatic heterocycles. The molecule has 1 aliphatic rings. The summed E-state index contributed by atoms with van der Waals surface area (Å²) >= 11 is 0. The quantitative estimate of drug-likeness (QED) is 0.336. The van der Waals surface area contributed by atoms with Gasteiger partial charge in [-0.15, -0.1) is 0 Å². The number of nitrogens with zero attached hydrogens (tertiary/aromatic N) is 4. The zero-order valence-electron chi connectivity index (χ0n) is 20.8. The normalized spacial score (nSPS) is 14.1. The van der Waals surface area contributed by atoms with E-state index in [4.69, 9.17) is 4.42 Å². The number of rotatable bonds is 6. The van der Waals surface area contributed by atoms with Crippen LogP contribution < -0.4 is 5.32 Å². The molecule has 38 heavy (non-hydrogen) atoms. The third-order valence-electron chi connectivity index (χ3n) is 7.08. The fourth-order valence-corrected chi connectivity index (χ4v) is 4.97.